The fraction of sp³-hybridized carbons (Fsp3) is 0.111. The molecule has 0 saturated heterocycles. The van der Waals surface area contributed by atoms with Gasteiger partial charge in [0.05, 0.1) is 17.6 Å². The van der Waals surface area contributed by atoms with Gasteiger partial charge in [-0.05, 0) is 17.0 Å². The number of ether oxygens (including phenoxy) is 1. The van der Waals surface area contributed by atoms with E-state index in [1.54, 1.807) is 10.9 Å². The molecule has 0 radical (unpaired) electrons. The molecule has 7 nitrogen and oxygen atoms in total. The highest BCUT2D eigenvalue weighted by Gasteiger charge is 2.14. The summed E-state index contributed by atoms with van der Waals surface area (Å²) >= 11 is 1.53. The maximum absolute atomic E-state index is 12.1. The van der Waals surface area contributed by atoms with Crippen molar-refractivity contribution in [2.75, 3.05) is 0 Å². The molecule has 26 heavy (non-hydrogen) atoms. The normalized spacial score (nSPS) is 10.8. The standard InChI is InChI=1S/C18H14N4O3S/c23-18(15-10-22(21-20-15)9-13-5-2-1-3-6-13)25-12-14-11-24-17(19-14)16-7-4-8-26-16/h1-8,10-11H,9,12H2. The third-order valence-electron chi connectivity index (χ3n) is 3.57. The van der Waals surface area contributed by atoms with Crippen LogP contribution in [0.4, 0.5) is 0 Å². The van der Waals surface area contributed by atoms with E-state index in [1.165, 1.54) is 17.6 Å². The smallest absolute Gasteiger partial charge is 0.360 e. The minimum atomic E-state index is -0.551. The Labute approximate surface area is 152 Å². The molecule has 0 aliphatic heterocycles. The van der Waals surface area contributed by atoms with E-state index in [2.05, 4.69) is 15.3 Å². The van der Waals surface area contributed by atoms with Gasteiger partial charge in [-0.2, -0.15) is 0 Å². The van der Waals surface area contributed by atoms with Gasteiger partial charge < -0.3 is 9.15 Å². The lowest BCUT2D eigenvalue weighted by molar-refractivity contribution is 0.0460. The Balaban J connectivity index is 1.35. The number of nitrogens with zero attached hydrogens (tertiary/aromatic N) is 4. The molecule has 130 valence electrons. The molecule has 8 heteroatoms. The van der Waals surface area contributed by atoms with Gasteiger partial charge in [0.25, 0.3) is 0 Å². The number of carbonyl (C=O) groups is 1. The third-order valence-corrected chi connectivity index (χ3v) is 4.43. The number of aromatic nitrogens is 4. The van der Waals surface area contributed by atoms with E-state index < -0.39 is 5.97 Å². The van der Waals surface area contributed by atoms with E-state index in [4.69, 9.17) is 9.15 Å². The quantitative estimate of drug-likeness (QED) is 0.486. The number of thiophene rings is 1. The van der Waals surface area contributed by atoms with Crippen molar-refractivity contribution < 1.29 is 13.9 Å². The Morgan fingerprint density at radius 3 is 2.88 bits per heavy atom. The number of hydrogen-bond acceptors (Lipinski definition) is 7. The monoisotopic (exact) mass is 366 g/mol. The molecule has 0 aliphatic rings. The van der Waals surface area contributed by atoms with Crippen LogP contribution in [-0.2, 0) is 17.9 Å². The highest BCUT2D eigenvalue weighted by atomic mass is 32.1. The van der Waals surface area contributed by atoms with Gasteiger partial charge in [-0.3, -0.25) is 0 Å². The van der Waals surface area contributed by atoms with Gasteiger partial charge in [0, 0.05) is 0 Å². The molecule has 0 unspecified atom stereocenters. The number of hydrogen-bond donors (Lipinski definition) is 0. The molecular weight excluding hydrogens is 352 g/mol. The van der Waals surface area contributed by atoms with E-state index in [9.17, 15) is 4.79 Å². The molecule has 1 aromatic carbocycles. The van der Waals surface area contributed by atoms with Crippen molar-refractivity contribution in [2.24, 2.45) is 0 Å². The molecule has 0 bridgehead atoms. The van der Waals surface area contributed by atoms with Crippen LogP contribution in [0.5, 0.6) is 0 Å². The van der Waals surface area contributed by atoms with Crippen LogP contribution in [0, 0.1) is 0 Å². The highest BCUT2D eigenvalue weighted by molar-refractivity contribution is 7.13. The van der Waals surface area contributed by atoms with E-state index in [1.807, 2.05) is 47.8 Å². The lowest BCUT2D eigenvalue weighted by Gasteiger charge is -2.00. The molecular formula is C18H14N4O3S. The summed E-state index contributed by atoms with van der Waals surface area (Å²) in [6.45, 7) is 0.549. The number of oxazole rings is 1. The second-order valence-corrected chi connectivity index (χ2v) is 6.43. The third kappa shape index (κ3) is 3.70. The first kappa shape index (κ1) is 16.2. The second-order valence-electron chi connectivity index (χ2n) is 5.48. The van der Waals surface area contributed by atoms with Crippen molar-refractivity contribution in [3.8, 4) is 10.8 Å². The molecule has 3 heterocycles. The molecule has 0 N–H and O–H groups in total. The average Bonchev–Trinajstić information content (AvgIpc) is 3.41. The molecule has 0 fully saturated rings. The number of benzene rings is 1. The van der Waals surface area contributed by atoms with Gasteiger partial charge >= 0.3 is 5.97 Å². The molecule has 3 aromatic heterocycles. The maximum Gasteiger partial charge on any atom is 0.360 e. The van der Waals surface area contributed by atoms with Crippen LogP contribution in [0.25, 0.3) is 10.8 Å². The van der Waals surface area contributed by atoms with Crippen LogP contribution in [0.2, 0.25) is 0 Å². The topological polar surface area (TPSA) is 83.0 Å². The summed E-state index contributed by atoms with van der Waals surface area (Å²) in [7, 11) is 0. The van der Waals surface area contributed by atoms with Crippen LogP contribution in [-0.4, -0.2) is 25.9 Å². The Kier molecular flexibility index (Phi) is 4.57. The van der Waals surface area contributed by atoms with Gasteiger partial charge in [-0.15, -0.1) is 16.4 Å². The summed E-state index contributed by atoms with van der Waals surface area (Å²) in [6.07, 6.45) is 3.05. The molecule has 4 aromatic rings. The maximum atomic E-state index is 12.1. The first-order valence-electron chi connectivity index (χ1n) is 7.87. The zero-order chi connectivity index (χ0) is 17.8. The predicted octanol–water partition coefficient (Wildman–Crippen LogP) is 3.40. The van der Waals surface area contributed by atoms with E-state index in [0.717, 1.165) is 10.4 Å². The summed E-state index contributed by atoms with van der Waals surface area (Å²) in [6, 6.07) is 13.6. The zero-order valence-corrected chi connectivity index (χ0v) is 14.4. The van der Waals surface area contributed by atoms with Gasteiger partial charge in [-0.25, -0.2) is 14.5 Å². The summed E-state index contributed by atoms with van der Waals surface area (Å²) in [5, 5.41) is 9.77. The molecule has 0 saturated carbocycles. The molecule has 0 amide bonds. The Bertz CT molecular complexity index is 993. The van der Waals surface area contributed by atoms with Crippen molar-refractivity contribution in [1.29, 1.82) is 0 Å². The van der Waals surface area contributed by atoms with Gasteiger partial charge in [0.1, 0.15) is 18.6 Å². The van der Waals surface area contributed by atoms with E-state index >= 15 is 0 Å². The van der Waals surface area contributed by atoms with Crippen molar-refractivity contribution in [2.45, 2.75) is 13.2 Å². The first-order valence-corrected chi connectivity index (χ1v) is 8.75. The van der Waals surface area contributed by atoms with Gasteiger partial charge in [0.15, 0.2) is 5.69 Å². The average molecular weight is 366 g/mol. The Morgan fingerprint density at radius 1 is 1.19 bits per heavy atom. The zero-order valence-electron chi connectivity index (χ0n) is 13.6. The predicted molar refractivity (Wildman–Crippen MR) is 94.5 cm³/mol. The first-order chi connectivity index (χ1) is 12.8. The second kappa shape index (κ2) is 7.32. The van der Waals surface area contributed by atoms with Crippen molar-refractivity contribution in [1.82, 2.24) is 20.0 Å². The summed E-state index contributed by atoms with van der Waals surface area (Å²) in [5.41, 5.74) is 1.77. The number of esters is 1. The molecule has 0 spiro atoms. The van der Waals surface area contributed by atoms with Crippen molar-refractivity contribution in [3.63, 3.8) is 0 Å². The van der Waals surface area contributed by atoms with Crippen LogP contribution in [0.15, 0.2) is 64.7 Å². The summed E-state index contributed by atoms with van der Waals surface area (Å²) in [4.78, 5) is 17.4. The van der Waals surface area contributed by atoms with Crippen LogP contribution < -0.4 is 0 Å². The van der Waals surface area contributed by atoms with E-state index in [-0.39, 0.29) is 12.3 Å². The van der Waals surface area contributed by atoms with Crippen LogP contribution >= 0.6 is 11.3 Å². The summed E-state index contributed by atoms with van der Waals surface area (Å²) < 4.78 is 12.2. The largest absolute Gasteiger partial charge is 0.454 e. The Hall–Kier alpha value is -3.26. The summed E-state index contributed by atoms with van der Waals surface area (Å²) in [5.74, 6) is -0.0372. The number of carbonyl (C=O) groups excluding carboxylic acids is 1. The fourth-order valence-corrected chi connectivity index (χ4v) is 3.00. The van der Waals surface area contributed by atoms with Gasteiger partial charge in [0.2, 0.25) is 5.89 Å². The lowest BCUT2D eigenvalue weighted by atomic mass is 10.2. The Morgan fingerprint density at radius 2 is 2.08 bits per heavy atom. The van der Waals surface area contributed by atoms with E-state index in [0.29, 0.717) is 18.1 Å². The lowest BCUT2D eigenvalue weighted by Crippen LogP contribution is -2.06. The van der Waals surface area contributed by atoms with Crippen LogP contribution in [0.3, 0.4) is 0 Å². The van der Waals surface area contributed by atoms with Gasteiger partial charge in [-0.1, -0.05) is 41.6 Å². The highest BCUT2D eigenvalue weighted by Crippen LogP contribution is 2.23. The fourth-order valence-electron chi connectivity index (χ4n) is 2.34. The molecule has 0 atom stereocenters. The molecule has 4 rings (SSSR count). The minimum Gasteiger partial charge on any atom is -0.454 e. The number of rotatable bonds is 6. The van der Waals surface area contributed by atoms with Crippen LogP contribution in [0.1, 0.15) is 21.7 Å². The minimum absolute atomic E-state index is 0.0131. The van der Waals surface area contributed by atoms with Crippen molar-refractivity contribution >= 4 is 17.3 Å². The SMILES string of the molecule is O=C(OCc1coc(-c2cccs2)n1)c1cn(Cc2ccccc2)nn1. The molecule has 0 aliphatic carbocycles. The van der Waals surface area contributed by atoms with Crippen molar-refractivity contribution in [3.05, 3.63) is 77.3 Å².